The normalized spacial score (nSPS) is 13.8. The van der Waals surface area contributed by atoms with Crippen molar-refractivity contribution in [2.24, 2.45) is 0 Å². The molecule has 0 radical (unpaired) electrons. The molecule has 1 heterocycles. The van der Waals surface area contributed by atoms with Crippen molar-refractivity contribution in [2.75, 3.05) is 7.11 Å². The van der Waals surface area contributed by atoms with Gasteiger partial charge in [0.15, 0.2) is 0 Å². The number of aromatic nitrogens is 1. The van der Waals surface area contributed by atoms with Crippen molar-refractivity contribution in [3.05, 3.63) is 59.7 Å². The van der Waals surface area contributed by atoms with Crippen LogP contribution in [0, 0.1) is 5.82 Å². The first-order valence-corrected chi connectivity index (χ1v) is 6.61. The Morgan fingerprint density at radius 1 is 1.15 bits per heavy atom. The average molecular weight is 274 g/mol. The van der Waals surface area contributed by atoms with Gasteiger partial charge in [-0.05, 0) is 31.5 Å². The number of nitrogens with zero attached hydrogens (tertiary/aromatic N) is 1. The Morgan fingerprint density at radius 2 is 1.90 bits per heavy atom. The second-order valence-corrected chi connectivity index (χ2v) is 4.79. The van der Waals surface area contributed by atoms with Crippen molar-refractivity contribution in [3.63, 3.8) is 0 Å². The zero-order valence-electron chi connectivity index (χ0n) is 11.9. The molecule has 1 N–H and O–H groups in total. The van der Waals surface area contributed by atoms with Gasteiger partial charge >= 0.3 is 0 Å². The first kappa shape index (κ1) is 14.5. The Kier molecular flexibility index (Phi) is 4.69. The quantitative estimate of drug-likeness (QED) is 0.903. The summed E-state index contributed by atoms with van der Waals surface area (Å²) in [6.45, 7) is 4.05. The van der Waals surface area contributed by atoms with Crippen LogP contribution in [0.3, 0.4) is 0 Å². The van der Waals surface area contributed by atoms with Gasteiger partial charge in [-0.15, -0.1) is 0 Å². The van der Waals surface area contributed by atoms with Crippen LogP contribution in [0.4, 0.5) is 4.39 Å². The third kappa shape index (κ3) is 3.33. The fraction of sp³-hybridized carbons (Fsp3) is 0.312. The van der Waals surface area contributed by atoms with Crippen molar-refractivity contribution >= 4 is 0 Å². The van der Waals surface area contributed by atoms with Crippen LogP contribution in [-0.4, -0.2) is 12.1 Å². The van der Waals surface area contributed by atoms with Gasteiger partial charge in [0.05, 0.1) is 13.3 Å². The Morgan fingerprint density at radius 3 is 2.60 bits per heavy atom. The molecule has 1 aromatic carbocycles. The first-order valence-electron chi connectivity index (χ1n) is 6.61. The van der Waals surface area contributed by atoms with Crippen LogP contribution in [-0.2, 0) is 0 Å². The fourth-order valence-corrected chi connectivity index (χ4v) is 2.25. The summed E-state index contributed by atoms with van der Waals surface area (Å²) in [7, 11) is 1.66. The van der Waals surface area contributed by atoms with E-state index in [1.807, 2.05) is 31.2 Å². The highest BCUT2D eigenvalue weighted by Gasteiger charge is 2.14. The van der Waals surface area contributed by atoms with Crippen molar-refractivity contribution in [1.82, 2.24) is 10.3 Å². The Hall–Kier alpha value is -1.94. The van der Waals surface area contributed by atoms with Gasteiger partial charge < -0.3 is 10.1 Å². The van der Waals surface area contributed by atoms with Gasteiger partial charge in [-0.2, -0.15) is 0 Å². The highest BCUT2D eigenvalue weighted by molar-refractivity contribution is 5.35. The van der Waals surface area contributed by atoms with Gasteiger partial charge in [0.2, 0.25) is 0 Å². The molecule has 0 amide bonds. The maximum atomic E-state index is 13.2. The standard InChI is InChI=1S/C16H19FN2O/c1-11(13-8-14(17)10-18-9-13)19-12(2)15-6-4-5-7-16(15)20-3/h4-12,19H,1-3H3. The van der Waals surface area contributed by atoms with Crippen LogP contribution in [0.25, 0.3) is 0 Å². The Bertz CT molecular complexity index is 574. The number of ether oxygens (including phenoxy) is 1. The molecule has 3 nitrogen and oxygen atoms in total. The molecule has 4 heteroatoms. The van der Waals surface area contributed by atoms with Gasteiger partial charge in [0, 0.05) is 23.8 Å². The SMILES string of the molecule is COc1ccccc1C(C)NC(C)c1cncc(F)c1. The minimum Gasteiger partial charge on any atom is -0.496 e. The van der Waals surface area contributed by atoms with E-state index >= 15 is 0 Å². The lowest BCUT2D eigenvalue weighted by molar-refractivity contribution is 0.396. The molecular formula is C16H19FN2O. The summed E-state index contributed by atoms with van der Waals surface area (Å²) >= 11 is 0. The van der Waals surface area contributed by atoms with Gasteiger partial charge in [-0.25, -0.2) is 4.39 Å². The highest BCUT2D eigenvalue weighted by atomic mass is 19.1. The monoisotopic (exact) mass is 274 g/mol. The van der Waals surface area contributed by atoms with E-state index in [2.05, 4.69) is 17.2 Å². The maximum absolute atomic E-state index is 13.2. The number of hydrogen-bond donors (Lipinski definition) is 1. The molecule has 0 aliphatic carbocycles. The predicted octanol–water partition coefficient (Wildman–Crippen LogP) is 3.64. The largest absolute Gasteiger partial charge is 0.496 e. The molecule has 0 aliphatic rings. The molecule has 2 rings (SSSR count). The smallest absolute Gasteiger partial charge is 0.141 e. The fourth-order valence-electron chi connectivity index (χ4n) is 2.25. The van der Waals surface area contributed by atoms with Gasteiger partial charge in [-0.1, -0.05) is 18.2 Å². The summed E-state index contributed by atoms with van der Waals surface area (Å²) in [6.07, 6.45) is 2.88. The minimum atomic E-state index is -0.318. The number of para-hydroxylation sites is 1. The first-order chi connectivity index (χ1) is 9.61. The molecule has 106 valence electrons. The molecule has 2 atom stereocenters. The van der Waals surface area contributed by atoms with E-state index in [-0.39, 0.29) is 17.9 Å². The molecule has 1 aromatic heterocycles. The van der Waals surface area contributed by atoms with E-state index in [0.29, 0.717) is 0 Å². The highest BCUT2D eigenvalue weighted by Crippen LogP contribution is 2.26. The van der Waals surface area contributed by atoms with E-state index in [1.165, 1.54) is 12.3 Å². The number of rotatable bonds is 5. The Balaban J connectivity index is 2.13. The van der Waals surface area contributed by atoms with Crippen LogP contribution < -0.4 is 10.1 Å². The molecule has 0 bridgehead atoms. The predicted molar refractivity (Wildman–Crippen MR) is 77.2 cm³/mol. The molecule has 2 unspecified atom stereocenters. The minimum absolute atomic E-state index is 0.00175. The number of hydrogen-bond acceptors (Lipinski definition) is 3. The molecule has 2 aromatic rings. The summed E-state index contributed by atoms with van der Waals surface area (Å²) in [4.78, 5) is 3.88. The average Bonchev–Trinajstić information content (AvgIpc) is 2.47. The number of benzene rings is 1. The molecular weight excluding hydrogens is 255 g/mol. The lowest BCUT2D eigenvalue weighted by Gasteiger charge is -2.22. The van der Waals surface area contributed by atoms with Crippen LogP contribution in [0.15, 0.2) is 42.7 Å². The molecule has 0 saturated heterocycles. The van der Waals surface area contributed by atoms with Crippen molar-refractivity contribution in [2.45, 2.75) is 25.9 Å². The number of nitrogens with one attached hydrogen (secondary N) is 1. The second kappa shape index (κ2) is 6.48. The third-order valence-electron chi connectivity index (χ3n) is 3.33. The number of methoxy groups -OCH3 is 1. The van der Waals surface area contributed by atoms with E-state index < -0.39 is 0 Å². The molecule has 0 aliphatic heterocycles. The lowest BCUT2D eigenvalue weighted by atomic mass is 10.0. The van der Waals surface area contributed by atoms with E-state index in [0.717, 1.165) is 16.9 Å². The topological polar surface area (TPSA) is 34.1 Å². The van der Waals surface area contributed by atoms with Crippen LogP contribution in [0.2, 0.25) is 0 Å². The van der Waals surface area contributed by atoms with Gasteiger partial charge in [-0.3, -0.25) is 4.98 Å². The van der Waals surface area contributed by atoms with Crippen LogP contribution in [0.1, 0.15) is 37.1 Å². The molecule has 0 fully saturated rings. The maximum Gasteiger partial charge on any atom is 0.141 e. The zero-order valence-corrected chi connectivity index (χ0v) is 11.9. The number of halogens is 1. The van der Waals surface area contributed by atoms with E-state index in [1.54, 1.807) is 13.3 Å². The summed E-state index contributed by atoms with van der Waals surface area (Å²) in [5.41, 5.74) is 1.90. The van der Waals surface area contributed by atoms with E-state index in [4.69, 9.17) is 4.74 Å². The summed E-state index contributed by atoms with van der Waals surface area (Å²) in [5.74, 6) is 0.526. The van der Waals surface area contributed by atoms with Gasteiger partial charge in [0.1, 0.15) is 11.6 Å². The molecule has 20 heavy (non-hydrogen) atoms. The summed E-state index contributed by atoms with van der Waals surface area (Å²) in [5, 5.41) is 3.43. The zero-order chi connectivity index (χ0) is 14.5. The lowest BCUT2D eigenvalue weighted by Crippen LogP contribution is -2.23. The van der Waals surface area contributed by atoms with Crippen molar-refractivity contribution < 1.29 is 9.13 Å². The van der Waals surface area contributed by atoms with Crippen LogP contribution in [0.5, 0.6) is 5.75 Å². The number of pyridine rings is 1. The molecule has 0 spiro atoms. The Labute approximate surface area is 118 Å². The third-order valence-corrected chi connectivity index (χ3v) is 3.33. The summed E-state index contributed by atoms with van der Waals surface area (Å²) < 4.78 is 18.6. The van der Waals surface area contributed by atoms with Crippen LogP contribution >= 0.6 is 0 Å². The van der Waals surface area contributed by atoms with Gasteiger partial charge in [0.25, 0.3) is 0 Å². The van der Waals surface area contributed by atoms with Crippen molar-refractivity contribution in [3.8, 4) is 5.75 Å². The molecule has 0 saturated carbocycles. The second-order valence-electron chi connectivity index (χ2n) is 4.79. The van der Waals surface area contributed by atoms with E-state index in [9.17, 15) is 4.39 Å². The van der Waals surface area contributed by atoms with Crippen molar-refractivity contribution in [1.29, 1.82) is 0 Å². The summed E-state index contributed by atoms with van der Waals surface area (Å²) in [6, 6.07) is 9.45.